The molecule has 2 heterocycles. The van der Waals surface area contributed by atoms with Crippen molar-refractivity contribution in [1.29, 1.82) is 0 Å². The second-order valence-electron chi connectivity index (χ2n) is 6.38. The maximum Gasteiger partial charge on any atom is 0.161 e. The minimum atomic E-state index is -1.23. The van der Waals surface area contributed by atoms with Gasteiger partial charge in [0.1, 0.15) is 11.6 Å². The summed E-state index contributed by atoms with van der Waals surface area (Å²) in [6.45, 7) is 1.46. The van der Waals surface area contributed by atoms with Crippen LogP contribution >= 0.6 is 28.7 Å². The number of thioether (sulfide) groups is 1. The first-order valence-electron chi connectivity index (χ1n) is 8.26. The Morgan fingerprint density at radius 2 is 1.85 bits per heavy atom. The number of nitrogens with zero attached hydrogens (tertiary/aromatic N) is 2. The van der Waals surface area contributed by atoms with Crippen LogP contribution in [0.2, 0.25) is 0 Å². The molecule has 0 bridgehead atoms. The molecule has 7 heteroatoms. The molecule has 0 saturated carbocycles. The van der Waals surface area contributed by atoms with Crippen molar-refractivity contribution in [1.82, 2.24) is 4.90 Å². The van der Waals surface area contributed by atoms with Gasteiger partial charge >= 0.3 is 0 Å². The molecule has 26 heavy (non-hydrogen) atoms. The molecule has 1 N–H and O–H groups in total. The molecule has 3 nitrogen and oxygen atoms in total. The van der Waals surface area contributed by atoms with E-state index in [-0.39, 0.29) is 28.6 Å². The van der Waals surface area contributed by atoms with Crippen LogP contribution in [-0.4, -0.2) is 39.7 Å². The lowest BCUT2D eigenvalue weighted by Crippen LogP contribution is -2.53. The Morgan fingerprint density at radius 1 is 1.08 bits per heavy atom. The van der Waals surface area contributed by atoms with Gasteiger partial charge in [0.15, 0.2) is 10.9 Å². The molecular weight excluding hydrogens is 422 g/mol. The van der Waals surface area contributed by atoms with Crippen LogP contribution in [0.15, 0.2) is 53.5 Å². The minimum absolute atomic E-state index is 0. The van der Waals surface area contributed by atoms with E-state index in [4.69, 9.17) is 0 Å². The molecule has 0 aliphatic carbocycles. The number of amidine groups is 1. The van der Waals surface area contributed by atoms with Crippen LogP contribution in [-0.2, 0) is 0 Å². The predicted octanol–water partition coefficient (Wildman–Crippen LogP) is 4.17. The highest BCUT2D eigenvalue weighted by molar-refractivity contribution is 8.93. The van der Waals surface area contributed by atoms with E-state index in [0.717, 1.165) is 23.7 Å². The first-order valence-corrected chi connectivity index (χ1v) is 9.25. The van der Waals surface area contributed by atoms with E-state index in [2.05, 4.69) is 4.99 Å². The van der Waals surface area contributed by atoms with Crippen LogP contribution in [0.3, 0.4) is 0 Å². The Balaban J connectivity index is 0.00000196. The maximum absolute atomic E-state index is 13.9. The third-order valence-corrected chi connectivity index (χ3v) is 5.92. The molecule has 2 atom stereocenters. The number of hydrogen-bond acceptors (Lipinski definition) is 4. The Kier molecular flexibility index (Phi) is 5.69. The first-order chi connectivity index (χ1) is 12.1. The van der Waals surface area contributed by atoms with Crippen molar-refractivity contribution < 1.29 is 13.9 Å². The van der Waals surface area contributed by atoms with E-state index >= 15 is 0 Å². The van der Waals surface area contributed by atoms with Crippen LogP contribution in [0.25, 0.3) is 0 Å². The molecule has 1 saturated heterocycles. The van der Waals surface area contributed by atoms with Crippen LogP contribution < -0.4 is 0 Å². The highest BCUT2D eigenvalue weighted by Crippen LogP contribution is 2.45. The maximum atomic E-state index is 13.9. The SMILES string of the molecule is Br.OC1(C(c2ccc(F)cc2)c2cccc(F)c2)CSC2=NCCCN21. The van der Waals surface area contributed by atoms with E-state index < -0.39 is 11.6 Å². The minimum Gasteiger partial charge on any atom is -0.369 e. The molecule has 2 unspecified atom stereocenters. The van der Waals surface area contributed by atoms with E-state index in [1.54, 1.807) is 24.3 Å². The summed E-state index contributed by atoms with van der Waals surface area (Å²) in [6, 6.07) is 12.3. The van der Waals surface area contributed by atoms with Crippen LogP contribution in [0, 0.1) is 11.6 Å². The second kappa shape index (κ2) is 7.66. The Bertz CT molecular complexity index is 817. The summed E-state index contributed by atoms with van der Waals surface area (Å²) < 4.78 is 27.3. The van der Waals surface area contributed by atoms with Crippen molar-refractivity contribution in [3.8, 4) is 0 Å². The van der Waals surface area contributed by atoms with E-state index in [1.807, 2.05) is 4.90 Å². The monoisotopic (exact) mass is 440 g/mol. The zero-order valence-electron chi connectivity index (χ0n) is 13.9. The fourth-order valence-corrected chi connectivity index (χ4v) is 4.87. The summed E-state index contributed by atoms with van der Waals surface area (Å²) in [4.78, 5) is 6.42. The smallest absolute Gasteiger partial charge is 0.161 e. The lowest BCUT2D eigenvalue weighted by Gasteiger charge is -2.42. The van der Waals surface area contributed by atoms with E-state index in [1.165, 1.54) is 36.0 Å². The molecule has 138 valence electrons. The van der Waals surface area contributed by atoms with Gasteiger partial charge in [-0.1, -0.05) is 36.0 Å². The van der Waals surface area contributed by atoms with Gasteiger partial charge in [-0.25, -0.2) is 8.78 Å². The summed E-state index contributed by atoms with van der Waals surface area (Å²) in [5.74, 6) is -0.757. The Morgan fingerprint density at radius 3 is 2.58 bits per heavy atom. The molecule has 2 aliphatic rings. The van der Waals surface area contributed by atoms with E-state index in [9.17, 15) is 13.9 Å². The third-order valence-electron chi connectivity index (χ3n) is 4.75. The Hall–Kier alpha value is -1.44. The standard InChI is InChI=1S/C19H18F2N2OS.BrH/c20-15-7-5-13(6-8-15)17(14-3-1-4-16(21)11-14)19(24)12-25-18-22-9-2-10-23(18)19;/h1,3-8,11,17,24H,2,9-10,12H2;1H. The average molecular weight is 441 g/mol. The van der Waals surface area contributed by atoms with E-state index in [0.29, 0.717) is 17.9 Å². The lowest BCUT2D eigenvalue weighted by atomic mass is 9.82. The van der Waals surface area contributed by atoms with Crippen molar-refractivity contribution >= 4 is 33.9 Å². The highest BCUT2D eigenvalue weighted by Gasteiger charge is 2.50. The molecule has 0 amide bonds. The number of hydrogen-bond donors (Lipinski definition) is 1. The molecule has 0 spiro atoms. The summed E-state index contributed by atoms with van der Waals surface area (Å²) in [5, 5.41) is 12.5. The zero-order chi connectivity index (χ0) is 17.4. The van der Waals surface area contributed by atoms with Gasteiger partial charge in [0.05, 0.1) is 5.92 Å². The highest BCUT2D eigenvalue weighted by atomic mass is 79.9. The molecule has 0 radical (unpaired) electrons. The molecule has 2 aromatic rings. The lowest BCUT2D eigenvalue weighted by molar-refractivity contribution is -0.0573. The second-order valence-corrected chi connectivity index (χ2v) is 7.32. The molecule has 4 rings (SSSR count). The number of halogens is 3. The molecular formula is C19H19BrF2N2OS. The number of rotatable bonds is 3. The number of fused-ring (bicyclic) bond motifs is 1. The van der Waals surface area contributed by atoms with Crippen molar-refractivity contribution in [2.75, 3.05) is 18.8 Å². The quantitative estimate of drug-likeness (QED) is 0.777. The molecule has 2 aliphatic heterocycles. The van der Waals surface area contributed by atoms with Gasteiger partial charge in [-0.05, 0) is 41.8 Å². The van der Waals surface area contributed by atoms with Gasteiger partial charge in [0.25, 0.3) is 0 Å². The van der Waals surface area contributed by atoms with Gasteiger partial charge in [-0.3, -0.25) is 4.99 Å². The summed E-state index contributed by atoms with van der Waals surface area (Å²) >= 11 is 1.52. The van der Waals surface area contributed by atoms with Crippen LogP contribution in [0.4, 0.5) is 8.78 Å². The normalized spacial score (nSPS) is 23.0. The van der Waals surface area contributed by atoms with Gasteiger partial charge in [0, 0.05) is 18.8 Å². The topological polar surface area (TPSA) is 35.8 Å². The molecule has 0 aromatic heterocycles. The van der Waals surface area contributed by atoms with Crippen molar-refractivity contribution in [3.63, 3.8) is 0 Å². The van der Waals surface area contributed by atoms with Crippen molar-refractivity contribution in [2.24, 2.45) is 4.99 Å². The fraction of sp³-hybridized carbons (Fsp3) is 0.316. The molecule has 2 aromatic carbocycles. The van der Waals surface area contributed by atoms with Gasteiger partial charge in [0.2, 0.25) is 0 Å². The fourth-order valence-electron chi connectivity index (χ4n) is 3.62. The average Bonchev–Trinajstić information content (AvgIpc) is 2.95. The van der Waals surface area contributed by atoms with Gasteiger partial charge in [-0.15, -0.1) is 17.0 Å². The summed E-state index contributed by atoms with van der Waals surface area (Å²) in [5.41, 5.74) is 0.193. The number of aliphatic imine (C=N–C) groups is 1. The van der Waals surface area contributed by atoms with Crippen LogP contribution in [0.5, 0.6) is 0 Å². The number of benzene rings is 2. The molecule has 1 fully saturated rings. The third kappa shape index (κ3) is 3.40. The largest absolute Gasteiger partial charge is 0.369 e. The predicted molar refractivity (Wildman–Crippen MR) is 106 cm³/mol. The number of aliphatic hydroxyl groups is 1. The summed E-state index contributed by atoms with van der Waals surface area (Å²) in [6.07, 6.45) is 0.867. The first kappa shape index (κ1) is 19.3. The van der Waals surface area contributed by atoms with Crippen molar-refractivity contribution in [2.45, 2.75) is 18.1 Å². The Labute approximate surface area is 165 Å². The summed E-state index contributed by atoms with van der Waals surface area (Å²) in [7, 11) is 0. The van der Waals surface area contributed by atoms with Gasteiger partial charge in [-0.2, -0.15) is 0 Å². The van der Waals surface area contributed by atoms with Gasteiger partial charge < -0.3 is 10.0 Å². The van der Waals surface area contributed by atoms with Crippen molar-refractivity contribution in [3.05, 3.63) is 71.3 Å². The zero-order valence-corrected chi connectivity index (χ0v) is 16.5. The van der Waals surface area contributed by atoms with Crippen LogP contribution in [0.1, 0.15) is 23.5 Å².